The summed E-state index contributed by atoms with van der Waals surface area (Å²) < 4.78 is 1.92. The molecule has 0 atom stereocenters. The highest BCUT2D eigenvalue weighted by atomic mass is 15.2. The summed E-state index contributed by atoms with van der Waals surface area (Å²) in [5.74, 6) is 0. The molecule has 0 aromatic carbocycles. The first-order chi connectivity index (χ1) is 7.81. The van der Waals surface area contributed by atoms with Gasteiger partial charge < -0.3 is 10.2 Å². The third kappa shape index (κ3) is 2.40. The Kier molecular flexibility index (Phi) is 3.54. The van der Waals surface area contributed by atoms with E-state index in [1.54, 1.807) is 0 Å². The van der Waals surface area contributed by atoms with Crippen molar-refractivity contribution in [3.8, 4) is 0 Å². The van der Waals surface area contributed by atoms with Gasteiger partial charge in [-0.1, -0.05) is 6.07 Å². The van der Waals surface area contributed by atoms with E-state index in [9.17, 15) is 0 Å². The largest absolute Gasteiger partial charge is 0.318 e. The van der Waals surface area contributed by atoms with Crippen molar-refractivity contribution < 1.29 is 0 Å². The van der Waals surface area contributed by atoms with E-state index in [0.717, 1.165) is 19.6 Å². The van der Waals surface area contributed by atoms with E-state index in [1.165, 1.54) is 11.1 Å². The van der Waals surface area contributed by atoms with E-state index in [4.69, 9.17) is 0 Å². The summed E-state index contributed by atoms with van der Waals surface area (Å²) in [6.07, 6.45) is 3.93. The summed E-state index contributed by atoms with van der Waals surface area (Å²) in [5.41, 5.74) is 2.47. The molecule has 0 amide bonds. The van der Waals surface area contributed by atoms with E-state index in [1.807, 2.05) is 36.1 Å². The zero-order valence-electron chi connectivity index (χ0n) is 9.85. The van der Waals surface area contributed by atoms with Crippen LogP contribution in [0.15, 0.2) is 30.6 Å². The van der Waals surface area contributed by atoms with Gasteiger partial charge in [0.05, 0.1) is 11.7 Å². The minimum Gasteiger partial charge on any atom is -0.318 e. The molecule has 0 spiro atoms. The molecule has 0 saturated heterocycles. The van der Waals surface area contributed by atoms with Crippen LogP contribution in [0.3, 0.4) is 0 Å². The second-order valence-electron chi connectivity index (χ2n) is 4.04. The van der Waals surface area contributed by atoms with Gasteiger partial charge in [-0.2, -0.15) is 5.10 Å². The van der Waals surface area contributed by atoms with Gasteiger partial charge in [-0.15, -0.1) is 0 Å². The minimum absolute atomic E-state index is 0.940. The van der Waals surface area contributed by atoms with Crippen LogP contribution in [-0.2, 0) is 6.54 Å². The van der Waals surface area contributed by atoms with Gasteiger partial charge in [0.25, 0.3) is 0 Å². The fraction of sp³-hybridized carbons (Fsp3) is 0.417. The van der Waals surface area contributed by atoms with Gasteiger partial charge in [0, 0.05) is 31.4 Å². The number of nitrogens with one attached hydrogen (secondary N) is 1. The van der Waals surface area contributed by atoms with Crippen LogP contribution < -0.4 is 5.32 Å². The van der Waals surface area contributed by atoms with Crippen LogP contribution in [0.4, 0.5) is 0 Å². The third-order valence-electron chi connectivity index (χ3n) is 2.69. The summed E-state index contributed by atoms with van der Waals surface area (Å²) in [5, 5.41) is 7.48. The van der Waals surface area contributed by atoms with E-state index in [-0.39, 0.29) is 0 Å². The Hall–Kier alpha value is -1.39. The zero-order chi connectivity index (χ0) is 11.4. The van der Waals surface area contributed by atoms with Gasteiger partial charge in [0.15, 0.2) is 0 Å². The first-order valence-corrected chi connectivity index (χ1v) is 5.55. The van der Waals surface area contributed by atoms with Gasteiger partial charge in [-0.05, 0) is 26.2 Å². The van der Waals surface area contributed by atoms with Gasteiger partial charge in [0.1, 0.15) is 0 Å². The second-order valence-corrected chi connectivity index (χ2v) is 4.04. The number of hydrogen-bond acceptors (Lipinski definition) is 3. The molecule has 0 unspecified atom stereocenters. The molecule has 0 aliphatic rings. The Bertz CT molecular complexity index is 449. The van der Waals surface area contributed by atoms with Crippen LogP contribution in [0.5, 0.6) is 0 Å². The predicted molar refractivity (Wildman–Crippen MR) is 65.5 cm³/mol. The maximum Gasteiger partial charge on any atom is 0.0706 e. The van der Waals surface area contributed by atoms with Crippen LogP contribution in [-0.4, -0.2) is 41.7 Å². The van der Waals surface area contributed by atoms with Crippen molar-refractivity contribution in [1.82, 2.24) is 19.8 Å². The molecule has 1 N–H and O–H groups in total. The highest BCUT2D eigenvalue weighted by Crippen LogP contribution is 2.11. The summed E-state index contributed by atoms with van der Waals surface area (Å²) in [6.45, 7) is 2.99. The Morgan fingerprint density at radius 2 is 2.31 bits per heavy atom. The highest BCUT2D eigenvalue weighted by Gasteiger charge is 2.05. The molecule has 2 aromatic heterocycles. The van der Waals surface area contributed by atoms with Crippen molar-refractivity contribution in [1.29, 1.82) is 0 Å². The molecule has 0 radical (unpaired) electrons. The molecule has 2 rings (SSSR count). The predicted octanol–water partition coefficient (Wildman–Crippen LogP) is 0.985. The molecule has 2 heterocycles. The average Bonchev–Trinajstić information content (AvgIpc) is 2.70. The number of aromatic nitrogens is 2. The molecule has 0 bridgehead atoms. The Balaban J connectivity index is 2.09. The SMILES string of the molecule is CNCCN(C)Cc1cnn2ccccc12. The lowest BCUT2D eigenvalue weighted by Gasteiger charge is -2.15. The molecule has 2 aromatic rings. The molecule has 4 heteroatoms. The topological polar surface area (TPSA) is 32.6 Å². The first-order valence-electron chi connectivity index (χ1n) is 5.55. The van der Waals surface area contributed by atoms with Crippen LogP contribution in [0.2, 0.25) is 0 Å². The molecular weight excluding hydrogens is 200 g/mol. The van der Waals surface area contributed by atoms with E-state index < -0.39 is 0 Å². The lowest BCUT2D eigenvalue weighted by molar-refractivity contribution is 0.329. The third-order valence-corrected chi connectivity index (χ3v) is 2.69. The van der Waals surface area contributed by atoms with E-state index in [0.29, 0.717) is 0 Å². The number of rotatable bonds is 5. The number of fused-ring (bicyclic) bond motifs is 1. The van der Waals surface area contributed by atoms with Crippen molar-refractivity contribution in [2.24, 2.45) is 0 Å². The number of likely N-dealkylation sites (N-methyl/N-ethyl adjacent to an activating group) is 2. The lowest BCUT2D eigenvalue weighted by Crippen LogP contribution is -2.26. The summed E-state index contributed by atoms with van der Waals surface area (Å²) >= 11 is 0. The standard InChI is InChI=1S/C12H18N4/c1-13-6-8-15(2)10-11-9-14-16-7-4-3-5-12(11)16/h3-5,7,9,13H,6,8,10H2,1-2H3. The summed E-state index contributed by atoms with van der Waals surface area (Å²) in [6, 6.07) is 6.15. The van der Waals surface area contributed by atoms with Crippen molar-refractivity contribution in [3.63, 3.8) is 0 Å². The van der Waals surface area contributed by atoms with Gasteiger partial charge in [0.2, 0.25) is 0 Å². The molecule has 4 nitrogen and oxygen atoms in total. The normalized spacial score (nSPS) is 11.4. The number of nitrogens with zero attached hydrogens (tertiary/aromatic N) is 3. The fourth-order valence-electron chi connectivity index (χ4n) is 1.78. The zero-order valence-corrected chi connectivity index (χ0v) is 9.85. The minimum atomic E-state index is 0.940. The molecule has 0 saturated carbocycles. The Morgan fingerprint density at radius 3 is 3.12 bits per heavy atom. The smallest absolute Gasteiger partial charge is 0.0706 e. The van der Waals surface area contributed by atoms with Gasteiger partial charge >= 0.3 is 0 Å². The summed E-state index contributed by atoms with van der Waals surface area (Å²) in [4.78, 5) is 2.29. The van der Waals surface area contributed by atoms with Crippen molar-refractivity contribution in [3.05, 3.63) is 36.2 Å². The second kappa shape index (κ2) is 5.09. The lowest BCUT2D eigenvalue weighted by atomic mass is 10.2. The maximum absolute atomic E-state index is 4.33. The average molecular weight is 218 g/mol. The number of hydrogen-bond donors (Lipinski definition) is 1. The first kappa shape index (κ1) is 11.1. The van der Waals surface area contributed by atoms with E-state index in [2.05, 4.69) is 28.4 Å². The maximum atomic E-state index is 4.33. The monoisotopic (exact) mass is 218 g/mol. The van der Waals surface area contributed by atoms with Crippen molar-refractivity contribution in [2.45, 2.75) is 6.54 Å². The van der Waals surface area contributed by atoms with E-state index >= 15 is 0 Å². The Labute approximate surface area is 95.9 Å². The molecule has 0 aliphatic carbocycles. The van der Waals surface area contributed by atoms with Gasteiger partial charge in [-0.25, -0.2) is 4.52 Å². The van der Waals surface area contributed by atoms with Gasteiger partial charge in [-0.3, -0.25) is 0 Å². The van der Waals surface area contributed by atoms with Crippen LogP contribution in [0, 0.1) is 0 Å². The molecule has 86 valence electrons. The quantitative estimate of drug-likeness (QED) is 0.812. The summed E-state index contributed by atoms with van der Waals surface area (Å²) in [7, 11) is 4.10. The number of pyridine rings is 1. The Morgan fingerprint density at radius 1 is 1.44 bits per heavy atom. The molecule has 16 heavy (non-hydrogen) atoms. The van der Waals surface area contributed by atoms with Crippen molar-refractivity contribution in [2.75, 3.05) is 27.2 Å². The molecule has 0 aliphatic heterocycles. The van der Waals surface area contributed by atoms with Crippen LogP contribution in [0.1, 0.15) is 5.56 Å². The van der Waals surface area contributed by atoms with Crippen LogP contribution in [0.25, 0.3) is 5.52 Å². The molecule has 0 fully saturated rings. The van der Waals surface area contributed by atoms with Crippen molar-refractivity contribution >= 4 is 5.52 Å². The van der Waals surface area contributed by atoms with Crippen LogP contribution >= 0.6 is 0 Å². The fourth-order valence-corrected chi connectivity index (χ4v) is 1.78. The highest BCUT2D eigenvalue weighted by molar-refractivity contribution is 5.53. The molecular formula is C12H18N4.